The van der Waals surface area contributed by atoms with Gasteiger partial charge in [-0.05, 0) is 127 Å². The van der Waals surface area contributed by atoms with E-state index in [1.54, 1.807) is 7.11 Å². The Morgan fingerprint density at radius 1 is 0.593 bits per heavy atom. The predicted octanol–water partition coefficient (Wildman–Crippen LogP) is 13.1. The number of benzene rings is 6. The average molecular weight is 787 g/mol. The molecule has 2 aliphatic heterocycles. The third-order valence-corrected chi connectivity index (χ3v) is 9.71. The molecule has 6 aromatic carbocycles. The van der Waals surface area contributed by atoms with Crippen molar-refractivity contribution in [3.8, 4) is 34.1 Å². The fraction of sp³-hybridized carbons (Fsp3) is 0.176. The molecular weight excluding hydrogens is 737 g/mol. The van der Waals surface area contributed by atoms with Gasteiger partial charge in [0.2, 0.25) is 0 Å². The first-order valence-electron chi connectivity index (χ1n) is 20.0. The first-order valence-corrected chi connectivity index (χ1v) is 20.0. The lowest BCUT2D eigenvalue weighted by Crippen LogP contribution is -2.16. The first kappa shape index (κ1) is 41.7. The molecule has 0 aliphatic carbocycles. The van der Waals surface area contributed by atoms with Crippen LogP contribution in [0.25, 0.3) is 11.1 Å². The fourth-order valence-electron chi connectivity index (χ4n) is 6.98. The highest BCUT2D eigenvalue weighted by molar-refractivity contribution is 5.90. The van der Waals surface area contributed by atoms with Gasteiger partial charge in [-0.25, -0.2) is 4.79 Å². The van der Waals surface area contributed by atoms with Gasteiger partial charge in [0.05, 0.1) is 29.4 Å². The SMILES string of the molecule is C=CC(=O)OCCCc1ccc(N2c3ccccc3Oc3cc(-c4ccc5c(c4)Oc4ccccc4N5c4ccc(CCCOC)cc4)ccc32)cc1.C=CC=O.CC. The highest BCUT2D eigenvalue weighted by Crippen LogP contribution is 2.53. The van der Waals surface area contributed by atoms with E-state index in [9.17, 15) is 4.79 Å². The lowest BCUT2D eigenvalue weighted by atomic mass is 10.0. The molecule has 8 heteroatoms. The smallest absolute Gasteiger partial charge is 0.330 e. The number of ether oxygens (including phenoxy) is 4. The van der Waals surface area contributed by atoms with Crippen molar-refractivity contribution in [2.24, 2.45) is 0 Å². The van der Waals surface area contributed by atoms with Crippen molar-refractivity contribution in [2.75, 3.05) is 30.1 Å². The van der Waals surface area contributed by atoms with Crippen molar-refractivity contribution in [3.05, 3.63) is 170 Å². The van der Waals surface area contributed by atoms with Gasteiger partial charge in [0.1, 0.15) is 6.29 Å². The summed E-state index contributed by atoms with van der Waals surface area (Å²) >= 11 is 0. The topological polar surface area (TPSA) is 77.5 Å². The van der Waals surface area contributed by atoms with Gasteiger partial charge < -0.3 is 28.7 Å². The van der Waals surface area contributed by atoms with Gasteiger partial charge in [-0.1, -0.05) is 87.7 Å². The number of esters is 1. The third kappa shape index (κ3) is 9.80. The quantitative estimate of drug-likeness (QED) is 0.0495. The summed E-state index contributed by atoms with van der Waals surface area (Å²) in [7, 11) is 1.74. The fourth-order valence-corrected chi connectivity index (χ4v) is 6.98. The van der Waals surface area contributed by atoms with Crippen molar-refractivity contribution < 1.29 is 28.5 Å². The highest BCUT2D eigenvalue weighted by atomic mass is 16.5. The number of carbonyl (C=O) groups excluding carboxylic acids is 2. The normalized spacial score (nSPS) is 11.6. The number of para-hydroxylation sites is 4. The Morgan fingerprint density at radius 2 is 1.02 bits per heavy atom. The predicted molar refractivity (Wildman–Crippen MR) is 239 cm³/mol. The molecule has 8 rings (SSSR count). The van der Waals surface area contributed by atoms with Gasteiger partial charge in [-0.2, -0.15) is 0 Å². The second-order valence-electron chi connectivity index (χ2n) is 13.5. The zero-order valence-electron chi connectivity index (χ0n) is 33.9. The number of aldehydes is 1. The monoisotopic (exact) mass is 786 g/mol. The van der Waals surface area contributed by atoms with Gasteiger partial charge in [0.15, 0.2) is 23.0 Å². The van der Waals surface area contributed by atoms with Crippen LogP contribution in [0.15, 0.2) is 159 Å². The van der Waals surface area contributed by atoms with Crippen molar-refractivity contribution in [1.29, 1.82) is 0 Å². The van der Waals surface area contributed by atoms with E-state index in [4.69, 9.17) is 23.7 Å². The van der Waals surface area contributed by atoms with Crippen molar-refractivity contribution in [3.63, 3.8) is 0 Å². The minimum atomic E-state index is -0.392. The summed E-state index contributed by atoms with van der Waals surface area (Å²) < 4.78 is 23.5. The lowest BCUT2D eigenvalue weighted by Gasteiger charge is -2.34. The molecule has 0 saturated carbocycles. The Hall–Kier alpha value is -6.90. The summed E-state index contributed by atoms with van der Waals surface area (Å²) in [6.07, 6.45) is 6.54. The van der Waals surface area contributed by atoms with E-state index in [1.165, 1.54) is 23.3 Å². The largest absolute Gasteiger partial charge is 0.463 e. The number of fused-ring (bicyclic) bond motifs is 4. The molecule has 0 amide bonds. The summed E-state index contributed by atoms with van der Waals surface area (Å²) in [4.78, 5) is 24.9. The van der Waals surface area contributed by atoms with E-state index in [2.05, 4.69) is 120 Å². The van der Waals surface area contributed by atoms with E-state index in [-0.39, 0.29) is 0 Å². The van der Waals surface area contributed by atoms with Gasteiger partial charge in [0.25, 0.3) is 0 Å². The Balaban J connectivity index is 0.000000921. The van der Waals surface area contributed by atoms with E-state index >= 15 is 0 Å². The van der Waals surface area contributed by atoms with Crippen LogP contribution in [-0.2, 0) is 31.9 Å². The van der Waals surface area contributed by atoms with Gasteiger partial charge in [-0.15, -0.1) is 0 Å². The molecule has 0 N–H and O–H groups in total. The molecule has 6 aromatic rings. The summed E-state index contributed by atoms with van der Waals surface area (Å²) in [6.45, 7) is 11.7. The Morgan fingerprint density at radius 3 is 1.44 bits per heavy atom. The number of allylic oxidation sites excluding steroid dienone is 1. The minimum Gasteiger partial charge on any atom is -0.463 e. The molecule has 0 radical (unpaired) electrons. The zero-order valence-corrected chi connectivity index (χ0v) is 33.9. The molecule has 0 fully saturated rings. The van der Waals surface area contributed by atoms with E-state index < -0.39 is 5.97 Å². The third-order valence-electron chi connectivity index (χ3n) is 9.71. The molecule has 0 bridgehead atoms. The van der Waals surface area contributed by atoms with Crippen LogP contribution in [0.1, 0.15) is 37.8 Å². The Labute approximate surface area is 347 Å². The number of hydrogen-bond donors (Lipinski definition) is 0. The number of nitrogens with zero attached hydrogens (tertiary/aromatic N) is 2. The number of anilines is 6. The van der Waals surface area contributed by atoms with E-state index in [1.807, 2.05) is 50.2 Å². The maximum absolute atomic E-state index is 11.4. The summed E-state index contributed by atoms with van der Waals surface area (Å²) in [5, 5.41) is 0. The van der Waals surface area contributed by atoms with Crippen LogP contribution in [0, 0.1) is 0 Å². The van der Waals surface area contributed by atoms with E-state index in [0.29, 0.717) is 12.9 Å². The van der Waals surface area contributed by atoms with Crippen LogP contribution in [0.2, 0.25) is 0 Å². The number of methoxy groups -OCH3 is 1. The van der Waals surface area contributed by atoms with Crippen LogP contribution in [-0.4, -0.2) is 32.6 Å². The summed E-state index contributed by atoms with van der Waals surface area (Å²) in [6, 6.07) is 46.3. The summed E-state index contributed by atoms with van der Waals surface area (Å²) in [5.74, 6) is 2.76. The minimum absolute atomic E-state index is 0.366. The Bertz CT molecular complexity index is 2360. The molecule has 0 unspecified atom stereocenters. The maximum Gasteiger partial charge on any atom is 0.330 e. The number of hydrogen-bond acceptors (Lipinski definition) is 8. The number of aryl methyl sites for hydroxylation is 2. The van der Waals surface area contributed by atoms with Crippen molar-refractivity contribution in [1.82, 2.24) is 0 Å². The molecule has 300 valence electrons. The molecule has 0 aromatic heterocycles. The standard InChI is InChI=1S/C46H40N2O5.C3H4O.C2H6/c1-3-46(49)51-29-9-11-33-18-24-37(25-19-33)48-39-13-5-7-15-43(39)53-45-31-35(21-27-41(45)48)34-20-26-40-44(30-34)52-42-14-6-4-12-38(42)47(40)36-22-16-32(17-23-36)10-8-28-50-2;1-2-3-4;1-2/h3-7,12-27,30-31H,1,8-11,28-29H2,2H3;2-3H,1H2;1-2H3. The maximum atomic E-state index is 11.4. The second-order valence-corrected chi connectivity index (χ2v) is 13.5. The molecule has 0 saturated heterocycles. The van der Waals surface area contributed by atoms with Gasteiger partial charge in [0, 0.05) is 31.2 Å². The van der Waals surface area contributed by atoms with Gasteiger partial charge in [-0.3, -0.25) is 4.79 Å². The lowest BCUT2D eigenvalue weighted by molar-refractivity contribution is -0.137. The molecule has 8 nitrogen and oxygen atoms in total. The van der Waals surface area contributed by atoms with Gasteiger partial charge >= 0.3 is 5.97 Å². The zero-order chi connectivity index (χ0) is 41.6. The Kier molecular flexibility index (Phi) is 14.5. The van der Waals surface area contributed by atoms with Crippen molar-refractivity contribution in [2.45, 2.75) is 39.5 Å². The molecule has 2 heterocycles. The summed E-state index contributed by atoms with van der Waals surface area (Å²) in [5.41, 5.74) is 10.5. The molecule has 59 heavy (non-hydrogen) atoms. The second kappa shape index (κ2) is 20.5. The molecule has 0 spiro atoms. The van der Waals surface area contributed by atoms with Crippen LogP contribution in [0.5, 0.6) is 23.0 Å². The average Bonchev–Trinajstić information content (AvgIpc) is 3.29. The number of carbonyl (C=O) groups is 2. The van der Waals surface area contributed by atoms with Crippen LogP contribution < -0.4 is 19.3 Å². The van der Waals surface area contributed by atoms with E-state index in [0.717, 1.165) is 101 Å². The first-order chi connectivity index (χ1) is 29.0. The van der Waals surface area contributed by atoms with Crippen molar-refractivity contribution >= 4 is 46.4 Å². The highest BCUT2D eigenvalue weighted by Gasteiger charge is 2.28. The molecule has 0 atom stereocenters. The molecular formula is C51H50N2O6. The van der Waals surface area contributed by atoms with Crippen LogP contribution >= 0.6 is 0 Å². The van der Waals surface area contributed by atoms with Crippen LogP contribution in [0.3, 0.4) is 0 Å². The van der Waals surface area contributed by atoms with Crippen LogP contribution in [0.4, 0.5) is 34.1 Å². The number of rotatable bonds is 13. The molecule has 2 aliphatic rings.